The fraction of sp³-hybridized carbons (Fsp3) is 0.692. The molecule has 0 aromatic carbocycles. The molecule has 1 aliphatic rings. The second-order valence-electron chi connectivity index (χ2n) is 5.54. The van der Waals surface area contributed by atoms with Gasteiger partial charge >= 0.3 is 6.18 Å². The summed E-state index contributed by atoms with van der Waals surface area (Å²) < 4.78 is 40.2. The van der Waals surface area contributed by atoms with E-state index in [1.807, 2.05) is 13.8 Å². The van der Waals surface area contributed by atoms with Crippen molar-refractivity contribution in [1.82, 2.24) is 20.2 Å². The van der Waals surface area contributed by atoms with E-state index >= 15 is 0 Å². The van der Waals surface area contributed by atoms with Crippen LogP contribution in [0.2, 0.25) is 0 Å². The summed E-state index contributed by atoms with van der Waals surface area (Å²) in [7, 11) is 0. The predicted molar refractivity (Wildman–Crippen MR) is 70.5 cm³/mol. The zero-order chi connectivity index (χ0) is 15.6. The Balaban J connectivity index is 2.24. The van der Waals surface area contributed by atoms with Crippen LogP contribution in [0.1, 0.15) is 31.1 Å². The van der Waals surface area contributed by atoms with E-state index in [1.165, 1.54) is 0 Å². The Morgan fingerprint density at radius 2 is 2.19 bits per heavy atom. The van der Waals surface area contributed by atoms with Crippen molar-refractivity contribution in [2.24, 2.45) is 5.92 Å². The van der Waals surface area contributed by atoms with Crippen molar-refractivity contribution in [2.45, 2.75) is 39.5 Å². The summed E-state index contributed by atoms with van der Waals surface area (Å²) in [6.07, 6.45) is -4.12. The molecule has 1 aliphatic heterocycles. The Labute approximate surface area is 120 Å². The molecule has 2 rings (SSSR count). The molecule has 0 radical (unpaired) electrons. The maximum Gasteiger partial charge on any atom is 0.449 e. The van der Waals surface area contributed by atoms with E-state index in [0.29, 0.717) is 37.4 Å². The average Bonchev–Trinajstić information content (AvgIpc) is 2.75. The van der Waals surface area contributed by atoms with Crippen LogP contribution in [0.15, 0.2) is 0 Å². The van der Waals surface area contributed by atoms with E-state index in [-0.39, 0.29) is 12.5 Å². The summed E-state index contributed by atoms with van der Waals surface area (Å²) in [6, 6.07) is 0. The Morgan fingerprint density at radius 3 is 2.81 bits per heavy atom. The van der Waals surface area contributed by atoms with E-state index in [0.717, 1.165) is 4.57 Å². The highest BCUT2D eigenvalue weighted by Gasteiger charge is 2.39. The number of fused-ring (bicyclic) bond motifs is 1. The fourth-order valence-corrected chi connectivity index (χ4v) is 2.27. The number of carbonyl (C=O) groups excluding carboxylic acids is 1. The Hall–Kier alpha value is -1.57. The van der Waals surface area contributed by atoms with E-state index in [2.05, 4.69) is 15.6 Å². The molecule has 0 saturated carbocycles. The minimum atomic E-state index is -4.56. The monoisotopic (exact) mass is 304 g/mol. The Kier molecular flexibility index (Phi) is 4.55. The molecule has 0 unspecified atom stereocenters. The van der Waals surface area contributed by atoms with Gasteiger partial charge in [0.1, 0.15) is 6.54 Å². The highest BCUT2D eigenvalue weighted by atomic mass is 19.4. The Morgan fingerprint density at radius 1 is 1.48 bits per heavy atom. The van der Waals surface area contributed by atoms with Crippen LogP contribution in [-0.4, -0.2) is 28.5 Å². The highest BCUT2D eigenvalue weighted by Crippen LogP contribution is 2.31. The lowest BCUT2D eigenvalue weighted by Gasteiger charge is -2.17. The first kappa shape index (κ1) is 15.8. The number of hydrogen-bond donors (Lipinski definition) is 2. The first-order valence-corrected chi connectivity index (χ1v) is 6.92. The fourth-order valence-electron chi connectivity index (χ4n) is 2.27. The van der Waals surface area contributed by atoms with Crippen molar-refractivity contribution in [3.05, 3.63) is 17.2 Å². The Bertz CT molecular complexity index is 522. The molecule has 0 saturated heterocycles. The molecule has 1 aromatic heterocycles. The molecular weight excluding hydrogens is 285 g/mol. The number of halogens is 3. The van der Waals surface area contributed by atoms with Crippen LogP contribution in [0.3, 0.4) is 0 Å². The molecule has 1 amide bonds. The van der Waals surface area contributed by atoms with E-state index in [4.69, 9.17) is 0 Å². The maximum absolute atomic E-state index is 13.1. The second kappa shape index (κ2) is 6.05. The number of nitrogens with zero attached hydrogens (tertiary/aromatic N) is 2. The van der Waals surface area contributed by atoms with Gasteiger partial charge in [-0.2, -0.15) is 13.2 Å². The number of imidazole rings is 1. The van der Waals surface area contributed by atoms with Gasteiger partial charge in [-0.3, -0.25) is 4.79 Å². The number of alkyl halides is 3. The highest BCUT2D eigenvalue weighted by molar-refractivity contribution is 5.76. The van der Waals surface area contributed by atoms with Crippen LogP contribution >= 0.6 is 0 Å². The summed E-state index contributed by atoms with van der Waals surface area (Å²) in [5.41, 5.74) is 0.881. The molecule has 0 fully saturated rings. The van der Waals surface area contributed by atoms with Crippen molar-refractivity contribution in [2.75, 3.05) is 13.1 Å². The minimum absolute atomic E-state index is 0.247. The van der Waals surface area contributed by atoms with Crippen LogP contribution in [0, 0.1) is 5.92 Å². The van der Waals surface area contributed by atoms with Crippen LogP contribution in [-0.2, 0) is 30.5 Å². The van der Waals surface area contributed by atoms with Gasteiger partial charge in [0.05, 0.1) is 5.69 Å². The van der Waals surface area contributed by atoms with Gasteiger partial charge < -0.3 is 15.2 Å². The van der Waals surface area contributed by atoms with Crippen molar-refractivity contribution in [1.29, 1.82) is 0 Å². The van der Waals surface area contributed by atoms with E-state index in [1.54, 1.807) is 0 Å². The van der Waals surface area contributed by atoms with Gasteiger partial charge in [-0.1, -0.05) is 13.8 Å². The van der Waals surface area contributed by atoms with Gasteiger partial charge in [0.15, 0.2) is 0 Å². The molecule has 21 heavy (non-hydrogen) atoms. The number of aromatic nitrogens is 2. The zero-order valence-corrected chi connectivity index (χ0v) is 12.0. The van der Waals surface area contributed by atoms with Crippen LogP contribution in [0.25, 0.3) is 0 Å². The number of hydrogen-bond acceptors (Lipinski definition) is 3. The maximum atomic E-state index is 13.1. The lowest BCUT2D eigenvalue weighted by atomic mass is 10.2. The van der Waals surface area contributed by atoms with Gasteiger partial charge in [-0.15, -0.1) is 0 Å². The van der Waals surface area contributed by atoms with Crippen molar-refractivity contribution in [3.8, 4) is 0 Å². The number of rotatable bonds is 4. The third-order valence-corrected chi connectivity index (χ3v) is 3.25. The summed E-state index contributed by atoms with van der Waals surface area (Å²) in [5, 5.41) is 5.62. The summed E-state index contributed by atoms with van der Waals surface area (Å²) in [5.74, 6) is -1.17. The number of carbonyl (C=O) groups is 1. The molecule has 118 valence electrons. The second-order valence-corrected chi connectivity index (χ2v) is 5.54. The SMILES string of the molecule is CC(C)CNC(=O)Cn1c(C(F)(F)F)nc2c1CCNC2. The van der Waals surface area contributed by atoms with Crippen molar-refractivity contribution < 1.29 is 18.0 Å². The van der Waals surface area contributed by atoms with Crippen LogP contribution in [0.4, 0.5) is 13.2 Å². The number of nitrogens with one attached hydrogen (secondary N) is 2. The molecule has 8 heteroatoms. The van der Waals surface area contributed by atoms with Crippen molar-refractivity contribution >= 4 is 5.91 Å². The largest absolute Gasteiger partial charge is 0.449 e. The van der Waals surface area contributed by atoms with Gasteiger partial charge in [-0.05, 0) is 5.92 Å². The first-order chi connectivity index (χ1) is 9.79. The molecule has 0 aliphatic carbocycles. The smallest absolute Gasteiger partial charge is 0.354 e. The molecule has 0 atom stereocenters. The van der Waals surface area contributed by atoms with Gasteiger partial charge in [0.2, 0.25) is 11.7 Å². The van der Waals surface area contributed by atoms with Crippen LogP contribution < -0.4 is 10.6 Å². The lowest BCUT2D eigenvalue weighted by molar-refractivity contribution is -0.147. The molecular formula is C13H19F3N4O. The summed E-state index contributed by atoms with van der Waals surface area (Å²) >= 11 is 0. The molecule has 0 bridgehead atoms. The quantitative estimate of drug-likeness (QED) is 0.882. The molecule has 5 nitrogen and oxygen atoms in total. The minimum Gasteiger partial charge on any atom is -0.354 e. The molecule has 2 N–H and O–H groups in total. The third-order valence-electron chi connectivity index (χ3n) is 3.25. The molecule has 2 heterocycles. The molecule has 0 spiro atoms. The zero-order valence-electron chi connectivity index (χ0n) is 12.0. The first-order valence-electron chi connectivity index (χ1n) is 6.92. The third kappa shape index (κ3) is 3.75. The lowest BCUT2D eigenvalue weighted by Crippen LogP contribution is -2.33. The van der Waals surface area contributed by atoms with Gasteiger partial charge in [-0.25, -0.2) is 4.98 Å². The van der Waals surface area contributed by atoms with E-state index in [9.17, 15) is 18.0 Å². The summed E-state index contributed by atoms with van der Waals surface area (Å²) in [6.45, 7) is 4.84. The normalized spacial score (nSPS) is 15.1. The topological polar surface area (TPSA) is 59.0 Å². The summed E-state index contributed by atoms with van der Waals surface area (Å²) in [4.78, 5) is 15.5. The molecule has 1 aromatic rings. The number of amides is 1. The average molecular weight is 304 g/mol. The van der Waals surface area contributed by atoms with Gasteiger partial charge in [0, 0.05) is 31.7 Å². The van der Waals surface area contributed by atoms with Gasteiger partial charge in [0.25, 0.3) is 0 Å². The standard InChI is InChI=1S/C13H19F3N4O/c1-8(2)5-18-11(21)7-20-10-3-4-17-6-9(10)19-12(20)13(14,15)16/h8,17H,3-7H2,1-2H3,(H,18,21). The van der Waals surface area contributed by atoms with Crippen molar-refractivity contribution in [3.63, 3.8) is 0 Å². The van der Waals surface area contributed by atoms with E-state index < -0.39 is 17.9 Å². The predicted octanol–water partition coefficient (Wildman–Crippen LogP) is 1.32. The van der Waals surface area contributed by atoms with Crippen LogP contribution in [0.5, 0.6) is 0 Å².